The van der Waals surface area contributed by atoms with Crippen LogP contribution in [0.2, 0.25) is 0 Å². The highest BCUT2D eigenvalue weighted by molar-refractivity contribution is 7.85. The smallest absolute Gasteiger partial charge is 0.339 e. The Morgan fingerprint density at radius 1 is 0.559 bits per heavy atom. The number of piperidine rings is 1. The molecule has 118 heavy (non-hydrogen) atoms. The molecule has 0 radical (unpaired) electrons. The molecule has 4 fully saturated rings. The summed E-state index contributed by atoms with van der Waals surface area (Å²) in [5.74, 6) is -9.56. The molecule has 1 aliphatic carbocycles. The van der Waals surface area contributed by atoms with Crippen molar-refractivity contribution in [3.05, 3.63) is 0 Å². The summed E-state index contributed by atoms with van der Waals surface area (Å²) in [4.78, 5) is 155. The number of rotatable bonds is 29. The fourth-order valence-corrected chi connectivity index (χ4v) is 8.67. The molecule has 5 unspecified atom stereocenters. The minimum atomic E-state index is -3.80. The largest absolute Gasteiger partial charge is 0.481 e. The second kappa shape index (κ2) is 75.6. The average Bonchev–Trinajstić information content (AvgIpc) is 1.65. The molecular weight excluding hydrogens is 1670 g/mol. The van der Waals surface area contributed by atoms with Crippen molar-refractivity contribution in [2.24, 2.45) is 11.8 Å². The fraction of sp³-hybridized carbons (Fsp3) is 0.825. The van der Waals surface area contributed by atoms with Crippen molar-refractivity contribution in [3.8, 4) is 0 Å². The Kier molecular flexibility index (Phi) is 86.4. The van der Waals surface area contributed by atoms with E-state index in [1.165, 1.54) is 30.9 Å². The van der Waals surface area contributed by atoms with E-state index in [2.05, 4.69) is 47.4 Å². The van der Waals surface area contributed by atoms with Crippen molar-refractivity contribution < 1.29 is 173 Å². The number of aliphatic hydroxyl groups is 1. The third-order valence-corrected chi connectivity index (χ3v) is 17.3. The molecule has 0 spiro atoms. The number of likely N-dealkylation sites (tertiary alicyclic amines) is 2. The van der Waals surface area contributed by atoms with Crippen LogP contribution in [0.1, 0.15) is 66.7 Å². The predicted molar refractivity (Wildman–Crippen MR) is 436 cm³/mol. The number of aliphatic carboxylic acids is 11. The summed E-state index contributed by atoms with van der Waals surface area (Å²) in [5.41, 5.74) is -1.33. The zero-order valence-corrected chi connectivity index (χ0v) is 75.6. The van der Waals surface area contributed by atoms with E-state index in [4.69, 9.17) is 94.7 Å². The van der Waals surface area contributed by atoms with Gasteiger partial charge in [0.2, 0.25) is 0 Å². The molecule has 1 saturated carbocycles. The van der Waals surface area contributed by atoms with Crippen molar-refractivity contribution >= 4 is 101 Å². The van der Waals surface area contributed by atoms with Crippen LogP contribution in [0.15, 0.2) is 0 Å². The molecule has 0 aromatic carbocycles. The van der Waals surface area contributed by atoms with E-state index in [0.29, 0.717) is 26.2 Å². The quantitative estimate of drug-likeness (QED) is 0.0245. The summed E-state index contributed by atoms with van der Waals surface area (Å²) in [6.45, 7) is 13.0. The number of nitrogens with one attached hydrogen (secondary N) is 8. The number of likely N-dealkylation sites (N-methyl/N-ethyl adjacent to an activating group) is 9. The molecule has 5 atom stereocenters. The standard InChI is InChI=1S/C7H13NO2.C6H11NO3.2C5H9NO2.3C5H11NO2.C4H9NO3.2C4H9NO2.C3H10NO3P.C3H9NO3S.C3H7NO2.C2H8NO3P.C2H7NO3S/c1-8-4-2-6(3-5-8)7(9)10;1-7-2-3-10-4-5(7)6(8)9;1-6-2-4(3-6)5(7)8;1-6-5(2-3-5)4(7)8;1-5(2,6-3)4(7)8;1-4(5(7)8)6(2)3;1-3-4(6-2)5(7)8;1-5-3(2-6)4(7)8;1-5(2)3-4(6)7;1-3(5-2)4(6)7;2*1-4(2)3-8(5,6)7;1-4-2-3(5)6;2*1-3-2-7(4,5)6/h6H,2-5H2,1H3,(H,9,10);5H,2-4H2,1H3,(H,8,9);4H,2-3H2,1H3,(H,7,8);6H,2-3H2,1H3,(H,7,8);6H,1-3H3,(H,7,8);4H,1-3H3,(H,7,8);4,6H,3H2,1-2H3,(H,7,8);3,5-6H,2H2,1H3,(H,7,8);3H2,1-2H3,(H,6,7);3,5H,1-2H3,(H,6,7);3H2,1-2H3,(H2,5,6,7);3H2,1-2H3,(H,5,6,7);4H,2H2,1H3,(H,5,6);3H,2H2,1H3,(H2,4,5,6);3H,2H2,1H3,(H,4,5,6). The molecule has 55 heteroatoms. The van der Waals surface area contributed by atoms with Gasteiger partial charge < -0.3 is 138 Å². The first-order valence-electron chi connectivity index (χ1n) is 35.1. The molecule has 4 aliphatic rings. The number of aliphatic hydroxyl groups excluding tert-OH is 1. The molecule has 26 N–H and O–H groups in total. The highest BCUT2D eigenvalue weighted by Crippen LogP contribution is 2.35. The Labute approximate surface area is 692 Å². The predicted octanol–water partition coefficient (Wildman–Crippen LogP) is -5.85. The molecule has 3 aliphatic heterocycles. The lowest BCUT2D eigenvalue weighted by molar-refractivity contribution is -0.149. The molecule has 3 saturated heterocycles. The zero-order chi connectivity index (χ0) is 96.2. The van der Waals surface area contributed by atoms with Crippen LogP contribution in [0.4, 0.5) is 0 Å². The van der Waals surface area contributed by atoms with Crippen molar-refractivity contribution in [2.75, 3.05) is 224 Å². The maximum atomic E-state index is 10.4. The summed E-state index contributed by atoms with van der Waals surface area (Å²) in [6.07, 6.45) is 3.39. The summed E-state index contributed by atoms with van der Waals surface area (Å²) in [7, 11) is 16.4. The van der Waals surface area contributed by atoms with E-state index in [1.807, 2.05) is 25.9 Å². The SMILES string of the molecule is CC(C(=O)O)N(C)C.CCC(NC)C(=O)O.CN(C)CC(=O)O.CN(C)CP(=O)(O)O.CN(C)CS(=O)(=O)O.CN1CC(C(=O)O)C1.CN1CCC(C(=O)O)CC1.CN1CCOCC1C(=O)O.CNC(C)(C)C(=O)O.CNC(C)C(=O)O.CNC(CO)C(=O)O.CNC1(C(=O)O)CC1.CNCC(=O)O.CNCP(=O)(O)O.CNCS(=O)(=O)O. The van der Waals surface area contributed by atoms with E-state index < -0.39 is 130 Å². The number of ether oxygens (including phenoxy) is 1. The number of nitrogens with zero attached hydrogens (tertiary/aromatic N) is 7. The van der Waals surface area contributed by atoms with Crippen LogP contribution in [-0.4, -0.2) is 472 Å². The zero-order valence-electron chi connectivity index (χ0n) is 72.2. The van der Waals surface area contributed by atoms with Crippen LogP contribution in [0.25, 0.3) is 0 Å². The summed E-state index contributed by atoms with van der Waals surface area (Å²) < 4.78 is 80.4. The fourth-order valence-electron chi connectivity index (χ4n) is 6.50. The number of carboxylic acid groups (broad SMARTS) is 11. The van der Waals surface area contributed by atoms with Gasteiger partial charge >= 0.3 is 80.9 Å². The van der Waals surface area contributed by atoms with Crippen LogP contribution < -0.4 is 42.5 Å². The lowest BCUT2D eigenvalue weighted by atomic mass is 9.98. The van der Waals surface area contributed by atoms with Crippen molar-refractivity contribution in [1.82, 2.24) is 76.8 Å². The van der Waals surface area contributed by atoms with Crippen molar-refractivity contribution in [3.63, 3.8) is 0 Å². The third-order valence-electron chi connectivity index (χ3n) is 14.1. The van der Waals surface area contributed by atoms with E-state index in [9.17, 15) is 78.7 Å². The molecule has 0 bridgehead atoms. The number of carbonyl (C=O) groups is 11. The molecule has 4 rings (SSSR count). The Morgan fingerprint density at radius 3 is 1.08 bits per heavy atom. The van der Waals surface area contributed by atoms with Gasteiger partial charge in [0.25, 0.3) is 20.2 Å². The van der Waals surface area contributed by atoms with Gasteiger partial charge in [-0.2, -0.15) is 16.8 Å². The normalized spacial score (nSPS) is 15.8. The van der Waals surface area contributed by atoms with E-state index >= 15 is 0 Å². The van der Waals surface area contributed by atoms with Crippen molar-refractivity contribution in [1.29, 1.82) is 0 Å². The molecule has 51 nitrogen and oxygen atoms in total. The van der Waals surface area contributed by atoms with Crippen LogP contribution in [0.3, 0.4) is 0 Å². The van der Waals surface area contributed by atoms with E-state index in [1.54, 1.807) is 141 Å². The lowest BCUT2D eigenvalue weighted by Crippen LogP contribution is -2.47. The van der Waals surface area contributed by atoms with Gasteiger partial charge in [-0.05, 0) is 207 Å². The van der Waals surface area contributed by atoms with Gasteiger partial charge in [-0.25, -0.2) is 0 Å². The number of morpholine rings is 1. The van der Waals surface area contributed by atoms with E-state index in [-0.39, 0.29) is 67.9 Å². The maximum absolute atomic E-state index is 10.4. The minimum Gasteiger partial charge on any atom is -0.481 e. The molecule has 708 valence electrons. The maximum Gasteiger partial charge on any atom is 0.339 e. The highest BCUT2D eigenvalue weighted by Gasteiger charge is 2.48. The Balaban J connectivity index is -0.000000116. The van der Waals surface area contributed by atoms with Crippen LogP contribution >= 0.6 is 15.2 Å². The molecule has 0 amide bonds. The van der Waals surface area contributed by atoms with Gasteiger partial charge in [0.1, 0.15) is 59.3 Å². The Morgan fingerprint density at radius 2 is 1.00 bits per heavy atom. The summed E-state index contributed by atoms with van der Waals surface area (Å²) in [5, 5.41) is 119. The van der Waals surface area contributed by atoms with Crippen molar-refractivity contribution in [2.45, 2.75) is 108 Å². The minimum absolute atomic E-state index is 0.0417. The topological polar surface area (TPSA) is 782 Å². The first kappa shape index (κ1) is 135. The van der Waals surface area contributed by atoms with Gasteiger partial charge in [0.05, 0.1) is 51.0 Å². The lowest BCUT2D eigenvalue weighted by Gasteiger charge is -2.32. The number of carboxylic acids is 11. The first-order valence-corrected chi connectivity index (χ1v) is 41.9. The van der Waals surface area contributed by atoms with Crippen LogP contribution in [0, 0.1) is 11.8 Å². The van der Waals surface area contributed by atoms with Crippen LogP contribution in [-0.2, 0) is 86.8 Å². The highest BCUT2D eigenvalue weighted by atomic mass is 32.2. The Bertz CT molecular complexity index is 2990. The van der Waals surface area contributed by atoms with Gasteiger partial charge in [-0.15, -0.1) is 0 Å². The molecule has 3 heterocycles. The van der Waals surface area contributed by atoms with Gasteiger partial charge in [0, 0.05) is 19.6 Å². The third kappa shape index (κ3) is 102. The molecular formula is C63H143N15O36P2S2. The number of hydrogen-bond donors (Lipinski definition) is 26. The monoisotopic (exact) mass is 1810 g/mol. The van der Waals surface area contributed by atoms with Crippen LogP contribution in [0.5, 0.6) is 0 Å². The first-order chi connectivity index (χ1) is 53.3. The molecule has 0 aromatic heterocycles. The van der Waals surface area contributed by atoms with E-state index in [0.717, 1.165) is 51.9 Å². The number of hydrogen-bond acceptors (Lipinski definition) is 34. The Hall–Kier alpha value is -6.39. The average molecular weight is 1810 g/mol. The second-order valence-electron chi connectivity index (χ2n) is 26.7. The summed E-state index contributed by atoms with van der Waals surface area (Å²) in [6, 6.07) is -2.46. The second-order valence-corrected chi connectivity index (χ2v) is 32.8. The van der Waals surface area contributed by atoms with Gasteiger partial charge in [0.15, 0.2) is 0 Å². The van der Waals surface area contributed by atoms with Gasteiger partial charge in [-0.1, -0.05) is 6.92 Å². The molecule has 0 aromatic rings. The van der Waals surface area contributed by atoms with Gasteiger partial charge in [-0.3, -0.25) is 95.5 Å². The summed E-state index contributed by atoms with van der Waals surface area (Å²) >= 11 is 0.